The molecule has 2 aromatic rings. The Hall–Kier alpha value is -4.33. The van der Waals surface area contributed by atoms with E-state index in [2.05, 4.69) is 28.8 Å². The molecule has 0 saturated heterocycles. The van der Waals surface area contributed by atoms with Gasteiger partial charge in [-0.3, -0.25) is 4.79 Å². The fourth-order valence-electron chi connectivity index (χ4n) is 3.45. The monoisotopic (exact) mass is 517 g/mol. The summed E-state index contributed by atoms with van der Waals surface area (Å²) in [4.78, 5) is 23.3. The predicted octanol–water partition coefficient (Wildman–Crippen LogP) is 5.71. The summed E-state index contributed by atoms with van der Waals surface area (Å²) in [6, 6.07) is 15.1. The molecule has 0 heterocycles. The topological polar surface area (TPSA) is 87.6 Å². The molecular weight excluding hydrogens is 478 g/mol. The third-order valence-electron chi connectivity index (χ3n) is 5.37. The number of ether oxygens (including phenoxy) is 2. The third kappa shape index (κ3) is 9.97. The van der Waals surface area contributed by atoms with Crippen molar-refractivity contribution >= 4 is 29.0 Å². The number of hydrogen-bond acceptors (Lipinski definition) is 5. The first kappa shape index (κ1) is 29.9. The van der Waals surface area contributed by atoms with Crippen LogP contribution in [0.4, 0.5) is 11.4 Å². The lowest BCUT2D eigenvalue weighted by Gasteiger charge is -2.20. The van der Waals surface area contributed by atoms with Crippen molar-refractivity contribution in [1.29, 1.82) is 0 Å². The summed E-state index contributed by atoms with van der Waals surface area (Å²) >= 11 is 0. The number of allylic oxidation sites excluding steroid dienone is 2. The van der Waals surface area contributed by atoms with Gasteiger partial charge in [0.2, 0.25) is 11.9 Å². The van der Waals surface area contributed by atoms with Crippen LogP contribution in [-0.2, 0) is 16.1 Å². The van der Waals surface area contributed by atoms with Crippen LogP contribution in [0.3, 0.4) is 0 Å². The van der Waals surface area contributed by atoms with Crippen LogP contribution < -0.4 is 20.3 Å². The summed E-state index contributed by atoms with van der Waals surface area (Å²) in [5.74, 6) is 1.56. The Balaban J connectivity index is 2.08. The van der Waals surface area contributed by atoms with Crippen molar-refractivity contribution in [1.82, 2.24) is 5.32 Å². The highest BCUT2D eigenvalue weighted by Gasteiger charge is 2.12. The number of methoxy groups -OCH3 is 1. The van der Waals surface area contributed by atoms with E-state index in [1.165, 1.54) is 6.08 Å². The highest BCUT2D eigenvalue weighted by Crippen LogP contribution is 2.20. The second kappa shape index (κ2) is 15.7. The van der Waals surface area contributed by atoms with Crippen LogP contribution in [0, 0.1) is 0 Å². The summed E-state index contributed by atoms with van der Waals surface area (Å²) in [7, 11) is 1.64. The highest BCUT2D eigenvalue weighted by molar-refractivity contribution is 6.07. The van der Waals surface area contributed by atoms with E-state index in [4.69, 9.17) is 14.5 Å². The minimum atomic E-state index is -0.158. The second-order valence-corrected chi connectivity index (χ2v) is 8.46. The molecule has 8 nitrogen and oxygen atoms in total. The molecule has 0 aromatic heterocycles. The SMILES string of the molecule is C=CC(=O)N(CC)c1cccc(NC(=N/C(C)CNC(=C)OCc2ccc(OC)cc2)/N=C(C)/C=C\C)c1. The average Bonchev–Trinajstić information content (AvgIpc) is 2.91. The lowest BCUT2D eigenvalue weighted by molar-refractivity contribution is -0.114. The molecule has 2 N–H and O–H groups in total. The number of carbonyl (C=O) groups excluding carboxylic acids is 1. The number of hydrogen-bond donors (Lipinski definition) is 2. The molecule has 202 valence electrons. The number of rotatable bonds is 13. The number of carbonyl (C=O) groups is 1. The van der Waals surface area contributed by atoms with Crippen LogP contribution >= 0.6 is 0 Å². The first-order valence-electron chi connectivity index (χ1n) is 12.5. The van der Waals surface area contributed by atoms with E-state index in [1.807, 2.05) is 88.4 Å². The first-order valence-corrected chi connectivity index (χ1v) is 12.5. The third-order valence-corrected chi connectivity index (χ3v) is 5.37. The van der Waals surface area contributed by atoms with E-state index in [0.29, 0.717) is 31.5 Å². The van der Waals surface area contributed by atoms with Crippen LogP contribution in [0.25, 0.3) is 0 Å². The van der Waals surface area contributed by atoms with Crippen molar-refractivity contribution in [3.05, 3.63) is 91.4 Å². The summed E-state index contributed by atoms with van der Waals surface area (Å²) in [6.45, 7) is 16.7. The molecule has 0 fully saturated rings. The van der Waals surface area contributed by atoms with Gasteiger partial charge in [-0.05, 0) is 82.3 Å². The number of likely N-dealkylation sites (N-methyl/N-ethyl adjacent to an activating group) is 1. The predicted molar refractivity (Wildman–Crippen MR) is 158 cm³/mol. The van der Waals surface area contributed by atoms with Gasteiger partial charge in [-0.2, -0.15) is 0 Å². The van der Waals surface area contributed by atoms with E-state index in [-0.39, 0.29) is 11.9 Å². The van der Waals surface area contributed by atoms with Crippen molar-refractivity contribution < 1.29 is 14.3 Å². The quantitative estimate of drug-likeness (QED) is 0.154. The molecule has 38 heavy (non-hydrogen) atoms. The normalized spacial score (nSPS) is 12.6. The Bertz CT molecular complexity index is 1170. The molecule has 0 radical (unpaired) electrons. The molecule has 2 rings (SSSR count). The van der Waals surface area contributed by atoms with E-state index in [0.717, 1.165) is 28.4 Å². The maximum atomic E-state index is 12.2. The second-order valence-electron chi connectivity index (χ2n) is 8.46. The number of nitrogens with zero attached hydrogens (tertiary/aromatic N) is 3. The van der Waals surface area contributed by atoms with E-state index < -0.39 is 0 Å². The van der Waals surface area contributed by atoms with Gasteiger partial charge in [-0.1, -0.05) is 30.9 Å². The Morgan fingerprint density at radius 1 is 1.21 bits per heavy atom. The molecule has 1 atom stereocenters. The number of nitrogens with one attached hydrogen (secondary N) is 2. The fraction of sp³-hybridized carbons (Fsp3) is 0.300. The Labute approximate surface area is 226 Å². The minimum absolute atomic E-state index is 0.140. The van der Waals surface area contributed by atoms with Crippen molar-refractivity contribution in [2.45, 2.75) is 40.3 Å². The molecule has 0 bridgehead atoms. The van der Waals surface area contributed by atoms with Gasteiger partial charge < -0.3 is 25.0 Å². The molecule has 0 aliphatic carbocycles. The number of guanidine groups is 1. The van der Waals surface area contributed by atoms with Crippen LogP contribution in [0.1, 0.15) is 33.3 Å². The van der Waals surface area contributed by atoms with E-state index in [1.54, 1.807) is 12.0 Å². The smallest absolute Gasteiger partial charge is 0.250 e. The van der Waals surface area contributed by atoms with Gasteiger partial charge in [0.25, 0.3) is 0 Å². The average molecular weight is 518 g/mol. The summed E-state index contributed by atoms with van der Waals surface area (Å²) < 4.78 is 10.9. The lowest BCUT2D eigenvalue weighted by Crippen LogP contribution is -2.28. The zero-order valence-electron chi connectivity index (χ0n) is 23.0. The molecule has 8 heteroatoms. The molecule has 0 aliphatic rings. The minimum Gasteiger partial charge on any atom is -0.497 e. The van der Waals surface area contributed by atoms with Crippen LogP contribution in [0.2, 0.25) is 0 Å². The van der Waals surface area contributed by atoms with Crippen LogP contribution in [0.15, 0.2) is 95.8 Å². The molecule has 1 unspecified atom stereocenters. The summed E-state index contributed by atoms with van der Waals surface area (Å²) in [5.41, 5.74) is 3.34. The molecule has 1 amide bonds. The van der Waals surface area contributed by atoms with Crippen molar-refractivity contribution in [3.63, 3.8) is 0 Å². The van der Waals surface area contributed by atoms with E-state index >= 15 is 0 Å². The number of aliphatic imine (C=N–C) groups is 2. The van der Waals surface area contributed by atoms with Gasteiger partial charge in [0.15, 0.2) is 5.88 Å². The van der Waals surface area contributed by atoms with E-state index in [9.17, 15) is 4.79 Å². The van der Waals surface area contributed by atoms with Gasteiger partial charge in [0.05, 0.1) is 13.2 Å². The maximum Gasteiger partial charge on any atom is 0.250 e. The maximum absolute atomic E-state index is 12.2. The Morgan fingerprint density at radius 3 is 2.58 bits per heavy atom. The zero-order chi connectivity index (χ0) is 27.9. The van der Waals surface area contributed by atoms with Gasteiger partial charge in [-0.25, -0.2) is 9.98 Å². The Kier molecular flexibility index (Phi) is 12.4. The van der Waals surface area contributed by atoms with Crippen molar-refractivity contribution in [2.75, 3.05) is 30.4 Å². The van der Waals surface area contributed by atoms with Crippen molar-refractivity contribution in [3.8, 4) is 5.75 Å². The highest BCUT2D eigenvalue weighted by atomic mass is 16.5. The summed E-state index contributed by atoms with van der Waals surface area (Å²) in [5, 5.41) is 6.47. The number of anilines is 2. The molecule has 0 spiro atoms. The standard InChI is InChI=1S/C30H39N5O3/c1-8-12-22(4)32-30(34-26-13-11-14-27(19-26)35(10-3)29(36)9-2)33-23(5)20-31-24(6)38-21-25-15-17-28(37-7)18-16-25/h8-9,11-19,23,31H,2,6,10,20-21H2,1,3-5,7H3,(H,33,34)/b12-8-,32-22+. The van der Waals surface area contributed by atoms with Gasteiger partial charge in [-0.15, -0.1) is 0 Å². The Morgan fingerprint density at radius 2 is 1.95 bits per heavy atom. The van der Waals surface area contributed by atoms with Gasteiger partial charge in [0, 0.05) is 30.2 Å². The zero-order valence-corrected chi connectivity index (χ0v) is 23.0. The van der Waals surface area contributed by atoms with Gasteiger partial charge in [0.1, 0.15) is 12.4 Å². The molecule has 0 saturated carbocycles. The first-order chi connectivity index (χ1) is 18.3. The molecule has 2 aromatic carbocycles. The largest absolute Gasteiger partial charge is 0.497 e. The fourth-order valence-corrected chi connectivity index (χ4v) is 3.45. The lowest BCUT2D eigenvalue weighted by atomic mass is 10.2. The molecule has 0 aliphatic heterocycles. The summed E-state index contributed by atoms with van der Waals surface area (Å²) in [6.07, 6.45) is 5.14. The van der Waals surface area contributed by atoms with Crippen LogP contribution in [0.5, 0.6) is 5.75 Å². The number of amides is 1. The molecular formula is C30H39N5O3. The number of benzene rings is 2. The van der Waals surface area contributed by atoms with Crippen molar-refractivity contribution in [2.24, 2.45) is 9.98 Å². The van der Waals surface area contributed by atoms with Crippen LogP contribution in [-0.4, -0.2) is 43.8 Å². The van der Waals surface area contributed by atoms with Gasteiger partial charge >= 0.3 is 0 Å².